The van der Waals surface area contributed by atoms with Crippen LogP contribution in [-0.4, -0.2) is 67.4 Å². The maximum Gasteiger partial charge on any atom is 0.311 e. The van der Waals surface area contributed by atoms with Crippen LogP contribution in [-0.2, 0) is 14.5 Å². The van der Waals surface area contributed by atoms with Crippen LogP contribution in [0.5, 0.6) is 0 Å². The van der Waals surface area contributed by atoms with Gasteiger partial charge in [0.25, 0.3) is 0 Å². The van der Waals surface area contributed by atoms with E-state index in [4.69, 9.17) is 21.9 Å². The van der Waals surface area contributed by atoms with Crippen LogP contribution in [0.25, 0.3) is 0 Å². The van der Waals surface area contributed by atoms with E-state index < -0.39 is 0 Å². The van der Waals surface area contributed by atoms with Gasteiger partial charge in [-0.2, -0.15) is 10.8 Å². The third-order valence-electron chi connectivity index (χ3n) is 3.55. The zero-order valence-electron chi connectivity index (χ0n) is 18.5. The second-order valence-corrected chi connectivity index (χ2v) is 7.08. The predicted molar refractivity (Wildman–Crippen MR) is 128 cm³/mol. The van der Waals surface area contributed by atoms with Crippen molar-refractivity contribution in [3.63, 3.8) is 0 Å². The second kappa shape index (κ2) is 19.3. The van der Waals surface area contributed by atoms with Crippen molar-refractivity contribution in [1.29, 1.82) is 5.53 Å². The van der Waals surface area contributed by atoms with Gasteiger partial charge in [0.1, 0.15) is 0 Å². The minimum absolute atomic E-state index is 0. The number of carbonyl (C=O) groups is 1. The van der Waals surface area contributed by atoms with Crippen molar-refractivity contribution in [2.45, 2.75) is 34.1 Å². The molecule has 0 aromatic heterocycles. The van der Waals surface area contributed by atoms with Gasteiger partial charge >= 0.3 is 5.97 Å². The van der Waals surface area contributed by atoms with E-state index in [9.17, 15) is 4.79 Å². The Morgan fingerprint density at radius 2 is 1.70 bits per heavy atom. The number of esters is 1. The normalized spacial score (nSPS) is 12.7. The maximum atomic E-state index is 11.5. The smallest absolute Gasteiger partial charge is 0.311 e. The molecule has 0 bridgehead atoms. The number of ether oxygens (including phenoxy) is 1. The van der Waals surface area contributed by atoms with Crippen LogP contribution in [0, 0.1) is 58.8 Å². The number of hydrogen-bond donors (Lipinski definition) is 2. The van der Waals surface area contributed by atoms with Gasteiger partial charge in [-0.3, -0.25) is 4.79 Å². The largest absolute Gasteiger partial charge is 0.465 e. The summed E-state index contributed by atoms with van der Waals surface area (Å²) in [6, 6.07) is 0. The molecule has 8 nitrogen and oxygen atoms in total. The van der Waals surface area contributed by atoms with Crippen molar-refractivity contribution in [2.24, 2.45) is 10.7 Å². The summed E-state index contributed by atoms with van der Waals surface area (Å²) >= 11 is 0. The minimum Gasteiger partial charge on any atom is -0.465 e. The first kappa shape index (κ1) is 29.2. The molecule has 0 saturated carbocycles. The second-order valence-electron chi connectivity index (χ2n) is 7.08. The van der Waals surface area contributed by atoms with Gasteiger partial charge in [0.2, 0.25) is 0 Å². The van der Waals surface area contributed by atoms with Crippen LogP contribution in [0.4, 0.5) is 0 Å². The highest BCUT2D eigenvalue weighted by atomic mass is 17.2. The van der Waals surface area contributed by atoms with Gasteiger partial charge in [-0.25, -0.2) is 4.99 Å². The molecular formula is C22H44N4O4. The molecule has 0 aromatic rings. The van der Waals surface area contributed by atoms with Crippen molar-refractivity contribution in [3.8, 4) is 47.9 Å². The monoisotopic (exact) mass is 428 g/mol. The third kappa shape index (κ3) is 19.7. The fourth-order valence-corrected chi connectivity index (χ4v) is 1.93. The number of hydrogen-bond acceptors (Lipinski definition) is 8. The average Bonchev–Trinajstić information content (AvgIpc) is 2.72. The Labute approximate surface area is 189 Å². The van der Waals surface area contributed by atoms with E-state index in [0.29, 0.717) is 6.61 Å². The molecule has 0 spiro atoms. The molecule has 176 valence electrons. The number of likely N-dealkylation sites (N-methyl/N-ethyl adjacent to an activating group) is 1. The van der Waals surface area contributed by atoms with Gasteiger partial charge in [0, 0.05) is 41.3 Å². The van der Waals surface area contributed by atoms with E-state index in [2.05, 4.69) is 63.3 Å². The highest BCUT2D eigenvalue weighted by Crippen LogP contribution is 2.15. The van der Waals surface area contributed by atoms with E-state index in [0.717, 1.165) is 39.1 Å². The predicted octanol–water partition coefficient (Wildman–Crippen LogP) is 3.76. The number of carbonyl (C=O) groups excluding carboxylic acids is 1. The first-order chi connectivity index (χ1) is 14.2. The molecule has 0 unspecified atom stereocenters. The summed E-state index contributed by atoms with van der Waals surface area (Å²) in [5.74, 6) is 16.9. The Hall–Kier alpha value is -3.01. The van der Waals surface area contributed by atoms with Crippen molar-refractivity contribution >= 4 is 5.97 Å². The quantitative estimate of drug-likeness (QED) is 0.173. The zero-order valence-corrected chi connectivity index (χ0v) is 18.5. The lowest BCUT2D eigenvalue weighted by Crippen LogP contribution is -2.44. The molecular weight excluding hydrogens is 384 g/mol. The van der Waals surface area contributed by atoms with Crippen LogP contribution in [0.15, 0.2) is 5.28 Å². The molecule has 8 heteroatoms. The number of rotatable bonds is 5. The van der Waals surface area contributed by atoms with E-state index in [-0.39, 0.29) is 19.9 Å². The van der Waals surface area contributed by atoms with Crippen molar-refractivity contribution in [3.05, 3.63) is 0 Å². The Bertz CT molecular complexity index is 734. The molecule has 0 atom stereocenters. The molecule has 0 amide bonds. The Kier molecular flexibility index (Phi) is 18.8. The molecule has 0 radical (unpaired) electrons. The standard InChI is InChI=1S/C13H26N2O2.C9H4.H2N2O2.6H2/c1-13(2,3)12(16)17-11-5-6-15-9-7-14(4)8-10-15;1-3-5-7-9-8-6-4-2;1-2-4-3;;;;;;/h5-11H2,1-4H3;1H,2H3;1,3H;6*1H. The lowest BCUT2D eigenvalue weighted by molar-refractivity contribution is -0.254. The fourth-order valence-electron chi connectivity index (χ4n) is 1.93. The van der Waals surface area contributed by atoms with Gasteiger partial charge in [-0.15, -0.1) is 6.42 Å². The maximum absolute atomic E-state index is 11.5. The van der Waals surface area contributed by atoms with Crippen LogP contribution in [0.1, 0.15) is 42.7 Å². The number of nitrogens with zero attached hydrogens (tertiary/aromatic N) is 3. The molecule has 1 heterocycles. The highest BCUT2D eigenvalue weighted by Gasteiger charge is 2.22. The van der Waals surface area contributed by atoms with Crippen LogP contribution in [0.3, 0.4) is 0 Å². The summed E-state index contributed by atoms with van der Waals surface area (Å²) in [6.45, 7) is 13.5. The van der Waals surface area contributed by atoms with E-state index >= 15 is 0 Å². The van der Waals surface area contributed by atoms with E-state index in [1.54, 1.807) is 6.92 Å². The molecule has 0 aromatic carbocycles. The molecule has 2 N–H and O–H groups in total. The van der Waals surface area contributed by atoms with Gasteiger partial charge in [0.05, 0.1) is 17.3 Å². The number of terminal acetylenes is 1. The van der Waals surface area contributed by atoms with Crippen molar-refractivity contribution in [2.75, 3.05) is 46.4 Å². The lowest BCUT2D eigenvalue weighted by atomic mass is 9.97. The summed E-state index contributed by atoms with van der Waals surface area (Å²) in [4.78, 5) is 19.1. The first-order valence-corrected chi connectivity index (χ1v) is 9.35. The molecule has 30 heavy (non-hydrogen) atoms. The zero-order chi connectivity index (χ0) is 23.3. The van der Waals surface area contributed by atoms with Gasteiger partial charge in [-0.05, 0) is 76.7 Å². The van der Waals surface area contributed by atoms with Crippen molar-refractivity contribution < 1.29 is 28.3 Å². The van der Waals surface area contributed by atoms with Gasteiger partial charge in [-0.1, -0.05) is 5.92 Å². The molecule has 1 rings (SSSR count). The molecule has 0 aliphatic carbocycles. The lowest BCUT2D eigenvalue weighted by Gasteiger charge is -2.32. The average molecular weight is 429 g/mol. The first-order valence-electron chi connectivity index (χ1n) is 9.35. The Morgan fingerprint density at radius 1 is 1.17 bits per heavy atom. The van der Waals surface area contributed by atoms with Crippen LogP contribution < -0.4 is 0 Å². The summed E-state index contributed by atoms with van der Waals surface area (Å²) < 4.78 is 5.24. The summed E-state index contributed by atoms with van der Waals surface area (Å²) in [5, 5.41) is 9.06. The topological polar surface area (TPSA) is 98.5 Å². The molecule has 1 aliphatic rings. The highest BCUT2D eigenvalue weighted by molar-refractivity contribution is 5.75. The summed E-state index contributed by atoms with van der Waals surface area (Å²) in [6.07, 6.45) is 5.75. The number of piperazine rings is 1. The molecule has 1 aliphatic heterocycles. The minimum atomic E-state index is -0.381. The van der Waals surface area contributed by atoms with Crippen LogP contribution in [0.2, 0.25) is 0 Å². The van der Waals surface area contributed by atoms with E-state index in [1.165, 1.54) is 0 Å². The molecule has 1 saturated heterocycles. The molecule has 1 fully saturated rings. The van der Waals surface area contributed by atoms with Gasteiger partial charge < -0.3 is 14.5 Å². The van der Waals surface area contributed by atoms with E-state index in [1.807, 2.05) is 26.0 Å². The summed E-state index contributed by atoms with van der Waals surface area (Å²) in [5.41, 5.74) is 5.22. The summed E-state index contributed by atoms with van der Waals surface area (Å²) in [7, 11) is 2.16. The Morgan fingerprint density at radius 3 is 2.17 bits per heavy atom. The van der Waals surface area contributed by atoms with Crippen molar-refractivity contribution in [1.82, 2.24) is 9.80 Å². The van der Waals surface area contributed by atoms with Gasteiger partial charge in [0.15, 0.2) is 0 Å². The Balaban J connectivity index is -0.0000000600. The van der Waals surface area contributed by atoms with Crippen LogP contribution >= 0.6 is 0 Å². The fraction of sp³-hybridized carbons (Fsp3) is 0.591. The third-order valence-corrected chi connectivity index (χ3v) is 3.55. The number of nitrogens with one attached hydrogen (secondary N) is 1. The SMILES string of the molecule is C#CC#CC#CC#CC.CN1CCN(CCCOC(=O)C(C)(C)C)CC1.N=NOO.[HH].[HH].[HH].[HH].[HH].[HH].